The fraction of sp³-hybridized carbons (Fsp3) is 0.485. The van der Waals surface area contributed by atoms with Gasteiger partial charge in [-0.1, -0.05) is 62.4 Å². The quantitative estimate of drug-likeness (QED) is 0.0454. The second kappa shape index (κ2) is 26.7. The minimum absolute atomic E-state index is 0.00393. The van der Waals surface area contributed by atoms with Crippen molar-refractivity contribution < 1.29 is 42.8 Å². The Morgan fingerprint density at radius 1 is 0.500 bits per heavy atom. The number of nitro groups is 1. The van der Waals surface area contributed by atoms with Crippen LogP contribution < -0.4 is 45.1 Å². The third-order valence-electron chi connectivity index (χ3n) is 16.3. The van der Waals surface area contributed by atoms with Crippen molar-refractivity contribution in [2.75, 3.05) is 94.1 Å². The van der Waals surface area contributed by atoms with Crippen molar-refractivity contribution in [1.29, 1.82) is 0 Å². The van der Waals surface area contributed by atoms with Gasteiger partial charge in [0.25, 0.3) is 0 Å². The Morgan fingerprint density at radius 3 is 1.15 bits per heavy atom. The number of methoxy groups -OCH3 is 4. The van der Waals surface area contributed by atoms with Crippen LogP contribution in [0.15, 0.2) is 97.1 Å². The van der Waals surface area contributed by atoms with E-state index in [1.807, 2.05) is 105 Å². The van der Waals surface area contributed by atoms with Gasteiger partial charge in [0.15, 0.2) is 17.4 Å². The van der Waals surface area contributed by atoms with Crippen LogP contribution in [0.4, 0.5) is 34.4 Å². The van der Waals surface area contributed by atoms with Gasteiger partial charge in [0.1, 0.15) is 28.7 Å². The molecule has 4 heterocycles. The summed E-state index contributed by atoms with van der Waals surface area (Å²) >= 11 is 0. The Balaban J connectivity index is 0.000000202. The SMILES string of the molecule is COc1ccc(CN(Cc2ccc(OC)cc2)c2nc3c(c(NCC4(C)COC(C)(C)OC4)c2N)CCCC3)cc1.COc1ccc(CN(Cc2ccc(OC)cc2)c2nc3c(c(NCC4(C)COC(C)(C)OC4)c2[N+](=O)[O-])CCCC3)cc1. The molecule has 0 saturated carbocycles. The van der Waals surface area contributed by atoms with Gasteiger partial charge in [-0.15, -0.1) is 0 Å². The van der Waals surface area contributed by atoms with E-state index in [-0.39, 0.29) is 21.4 Å². The average Bonchev–Trinajstić information content (AvgIpc) is 1.85. The molecule has 0 unspecified atom stereocenters. The van der Waals surface area contributed by atoms with Gasteiger partial charge < -0.3 is 64.1 Å². The molecule has 18 nitrogen and oxygen atoms in total. The molecule has 2 aliphatic carbocycles. The molecular weight excluding hydrogens is 1060 g/mol. The lowest BCUT2D eigenvalue weighted by molar-refractivity contribution is -0.383. The van der Waals surface area contributed by atoms with Gasteiger partial charge in [-0.25, -0.2) is 9.97 Å². The zero-order valence-corrected chi connectivity index (χ0v) is 50.9. The maximum Gasteiger partial charge on any atom is 0.334 e. The maximum absolute atomic E-state index is 12.9. The molecule has 2 aromatic heterocycles. The van der Waals surface area contributed by atoms with Crippen LogP contribution in [0.3, 0.4) is 0 Å². The highest BCUT2D eigenvalue weighted by Gasteiger charge is 2.40. The Hall–Kier alpha value is -7.38. The predicted octanol–water partition coefficient (Wildman–Crippen LogP) is 12.3. The third kappa shape index (κ3) is 15.3. The lowest BCUT2D eigenvalue weighted by Crippen LogP contribution is -2.48. The minimum Gasteiger partial charge on any atom is -0.497 e. The van der Waals surface area contributed by atoms with Crippen LogP contribution in [0.2, 0.25) is 0 Å². The average molecular weight is 1150 g/mol. The summed E-state index contributed by atoms with van der Waals surface area (Å²) in [5.41, 5.74) is 17.3. The highest BCUT2D eigenvalue weighted by Crippen LogP contribution is 2.44. The first kappa shape index (κ1) is 61.2. The third-order valence-corrected chi connectivity index (χ3v) is 16.3. The number of aromatic nitrogens is 2. The second-order valence-electron chi connectivity index (χ2n) is 24.3. The molecule has 0 atom stereocenters. The molecule has 2 saturated heterocycles. The molecule has 2 fully saturated rings. The molecule has 10 rings (SSSR count). The van der Waals surface area contributed by atoms with Crippen molar-refractivity contribution in [3.05, 3.63) is 152 Å². The van der Waals surface area contributed by atoms with Crippen LogP contribution in [0.5, 0.6) is 23.0 Å². The Morgan fingerprint density at radius 2 is 0.810 bits per heavy atom. The number of nitrogens with zero attached hydrogens (tertiary/aromatic N) is 5. The minimum atomic E-state index is -0.641. The summed E-state index contributed by atoms with van der Waals surface area (Å²) in [6.07, 6.45) is 7.71. The molecule has 0 amide bonds. The largest absolute Gasteiger partial charge is 0.497 e. The number of ether oxygens (including phenoxy) is 8. The van der Waals surface area contributed by atoms with E-state index >= 15 is 0 Å². The summed E-state index contributed by atoms with van der Waals surface area (Å²) in [7, 11) is 6.63. The van der Waals surface area contributed by atoms with Crippen LogP contribution in [0, 0.1) is 20.9 Å². The van der Waals surface area contributed by atoms with E-state index < -0.39 is 11.6 Å². The van der Waals surface area contributed by atoms with Gasteiger partial charge in [-0.05, 0) is 155 Å². The van der Waals surface area contributed by atoms with Crippen LogP contribution in [0.25, 0.3) is 0 Å². The molecule has 6 aromatic rings. The van der Waals surface area contributed by atoms with E-state index in [0.717, 1.165) is 125 Å². The van der Waals surface area contributed by atoms with Crippen molar-refractivity contribution in [2.45, 2.75) is 131 Å². The molecule has 450 valence electrons. The summed E-state index contributed by atoms with van der Waals surface area (Å²) < 4.78 is 45.4. The van der Waals surface area contributed by atoms with Crippen molar-refractivity contribution >= 4 is 34.4 Å². The van der Waals surface area contributed by atoms with Gasteiger partial charge in [0.2, 0.25) is 5.82 Å². The number of hydrogen-bond acceptors (Lipinski definition) is 17. The predicted molar refractivity (Wildman–Crippen MR) is 330 cm³/mol. The molecule has 84 heavy (non-hydrogen) atoms. The maximum atomic E-state index is 12.9. The fourth-order valence-electron chi connectivity index (χ4n) is 11.1. The number of anilines is 5. The molecular formula is C66H86N8O10. The highest BCUT2D eigenvalue weighted by atomic mass is 16.7. The lowest BCUT2D eigenvalue weighted by atomic mass is 9.90. The number of nitrogen functional groups attached to an aromatic ring is 1. The molecule has 0 spiro atoms. The Bertz CT molecular complexity index is 3060. The second-order valence-corrected chi connectivity index (χ2v) is 24.3. The molecule has 4 N–H and O–H groups in total. The number of fused-ring (bicyclic) bond motifs is 2. The molecule has 18 heteroatoms. The number of nitrogens with one attached hydrogen (secondary N) is 2. The van der Waals surface area contributed by atoms with Gasteiger partial charge in [0.05, 0.1) is 71.2 Å². The number of rotatable bonds is 21. The Kier molecular flexibility index (Phi) is 19.4. The summed E-state index contributed by atoms with van der Waals surface area (Å²) in [6.45, 7) is 17.5. The van der Waals surface area contributed by atoms with E-state index in [1.165, 1.54) is 5.56 Å². The lowest BCUT2D eigenvalue weighted by Gasteiger charge is -2.42. The van der Waals surface area contributed by atoms with E-state index in [1.54, 1.807) is 28.4 Å². The van der Waals surface area contributed by atoms with Crippen molar-refractivity contribution in [2.24, 2.45) is 10.8 Å². The topological polar surface area (TPSA) is 199 Å². The van der Waals surface area contributed by atoms with E-state index in [0.29, 0.717) is 82.9 Å². The first-order valence-corrected chi connectivity index (χ1v) is 29.3. The molecule has 4 aliphatic rings. The summed E-state index contributed by atoms with van der Waals surface area (Å²) in [5, 5.41) is 20.2. The Labute approximate surface area is 495 Å². The van der Waals surface area contributed by atoms with Crippen LogP contribution in [-0.4, -0.2) is 94.4 Å². The standard InChI is InChI=1S/C33H42N4O6.C33H44N4O4/c1-32(2)42-21-33(3,22-43-32)20-34-29-27-8-6-7-9-28(27)35-31(30(29)37(38)39)36(18-23-10-14-25(40-4)15-11-23)19-24-12-16-26(41-5)17-13-24;1-32(2)40-21-33(3,22-41-32)20-35-30-27-8-6-7-9-28(27)36-31(29(30)34)37(18-23-10-14-25(38-4)15-11-23)19-24-12-16-26(39-5)17-13-24/h10-17H,6-9,18-22H2,1-5H3,(H,34,35);10-17H,6-9,18-22,34H2,1-5H3,(H,35,36). The first-order chi connectivity index (χ1) is 40.3. The highest BCUT2D eigenvalue weighted by molar-refractivity contribution is 5.82. The first-order valence-electron chi connectivity index (χ1n) is 29.3. The fourth-order valence-corrected chi connectivity index (χ4v) is 11.1. The number of benzene rings is 4. The zero-order valence-electron chi connectivity index (χ0n) is 50.9. The van der Waals surface area contributed by atoms with Gasteiger partial charge in [-0.2, -0.15) is 0 Å². The van der Waals surface area contributed by atoms with Gasteiger partial charge >= 0.3 is 5.69 Å². The van der Waals surface area contributed by atoms with E-state index in [2.05, 4.69) is 53.6 Å². The van der Waals surface area contributed by atoms with Crippen molar-refractivity contribution in [3.63, 3.8) is 0 Å². The number of pyridine rings is 2. The zero-order chi connectivity index (χ0) is 59.7. The van der Waals surface area contributed by atoms with Crippen LogP contribution in [0.1, 0.15) is 112 Å². The number of nitrogens with two attached hydrogens (primary N) is 1. The summed E-state index contributed by atoms with van der Waals surface area (Å²) in [6, 6.07) is 31.9. The molecule has 2 aliphatic heterocycles. The number of aryl methyl sites for hydroxylation is 2. The summed E-state index contributed by atoms with van der Waals surface area (Å²) in [5.74, 6) is 3.15. The monoisotopic (exact) mass is 1150 g/mol. The van der Waals surface area contributed by atoms with E-state index in [4.69, 9.17) is 53.6 Å². The van der Waals surface area contributed by atoms with Crippen molar-refractivity contribution in [1.82, 2.24) is 9.97 Å². The van der Waals surface area contributed by atoms with Gasteiger partial charge in [-0.3, -0.25) is 10.1 Å². The van der Waals surface area contributed by atoms with Crippen LogP contribution in [-0.2, 0) is 70.8 Å². The molecule has 0 bridgehead atoms. The molecule has 0 radical (unpaired) electrons. The summed E-state index contributed by atoms with van der Waals surface area (Å²) in [4.78, 5) is 27.2. The number of hydrogen-bond donors (Lipinski definition) is 3. The van der Waals surface area contributed by atoms with Crippen LogP contribution >= 0.6 is 0 Å². The van der Waals surface area contributed by atoms with Gasteiger partial charge in [0, 0.05) is 67.0 Å². The molecule has 4 aromatic carbocycles. The smallest absolute Gasteiger partial charge is 0.334 e. The normalized spacial score (nSPS) is 17.2. The van der Waals surface area contributed by atoms with Crippen molar-refractivity contribution in [3.8, 4) is 23.0 Å². The van der Waals surface area contributed by atoms with E-state index in [9.17, 15) is 10.1 Å².